The zero-order valence-electron chi connectivity index (χ0n) is 13.9. The number of rotatable bonds is 4. The molecule has 2 amide bonds. The molecule has 22 heavy (non-hydrogen) atoms. The Kier molecular flexibility index (Phi) is 4.89. The Morgan fingerprint density at radius 1 is 1.14 bits per heavy atom. The number of nitrogens with one attached hydrogen (secondary N) is 1. The zero-order chi connectivity index (χ0) is 16.3. The van der Waals surface area contributed by atoms with E-state index in [-0.39, 0.29) is 23.3 Å². The second-order valence-corrected chi connectivity index (χ2v) is 7.06. The first kappa shape index (κ1) is 16.5. The molecule has 1 aliphatic heterocycles. The number of carbonyl (C=O) groups excluding carboxylic acids is 2. The summed E-state index contributed by atoms with van der Waals surface area (Å²) in [5, 5.41) is 2.93. The summed E-state index contributed by atoms with van der Waals surface area (Å²) in [6.07, 6.45) is 1.57. The molecule has 120 valence electrons. The van der Waals surface area contributed by atoms with Gasteiger partial charge < -0.3 is 10.2 Å². The molecular weight excluding hydrogens is 276 g/mol. The van der Waals surface area contributed by atoms with E-state index in [1.54, 1.807) is 4.90 Å². The van der Waals surface area contributed by atoms with Crippen LogP contribution in [0.1, 0.15) is 46.1 Å². The van der Waals surface area contributed by atoms with Crippen LogP contribution in [0, 0.1) is 5.41 Å². The quantitative estimate of drug-likeness (QED) is 0.929. The van der Waals surface area contributed by atoms with Crippen LogP contribution >= 0.6 is 0 Å². The first-order valence-corrected chi connectivity index (χ1v) is 7.99. The maximum atomic E-state index is 12.9. The lowest BCUT2D eigenvalue weighted by atomic mass is 9.83. The molecule has 2 rings (SSSR count). The highest BCUT2D eigenvalue weighted by Gasteiger charge is 2.44. The van der Waals surface area contributed by atoms with Gasteiger partial charge in [-0.05, 0) is 17.4 Å². The van der Waals surface area contributed by atoms with Crippen molar-refractivity contribution >= 4 is 11.8 Å². The normalized spacial score (nSPS) is 22.6. The average Bonchev–Trinajstić information content (AvgIpc) is 2.46. The molecule has 1 aromatic rings. The summed E-state index contributed by atoms with van der Waals surface area (Å²) in [7, 11) is 0. The molecule has 2 atom stereocenters. The van der Waals surface area contributed by atoms with Crippen LogP contribution < -0.4 is 5.32 Å². The molecule has 1 fully saturated rings. The van der Waals surface area contributed by atoms with Crippen molar-refractivity contribution in [3.63, 3.8) is 0 Å². The Balaban J connectivity index is 2.30. The molecule has 1 heterocycles. The number of carbonyl (C=O) groups is 2. The summed E-state index contributed by atoms with van der Waals surface area (Å²) in [5.74, 6) is -0.00768. The molecule has 4 heteroatoms. The van der Waals surface area contributed by atoms with Crippen molar-refractivity contribution in [2.75, 3.05) is 0 Å². The van der Waals surface area contributed by atoms with Gasteiger partial charge in [-0.1, -0.05) is 64.4 Å². The third-order valence-electron chi connectivity index (χ3n) is 4.12. The van der Waals surface area contributed by atoms with Crippen LogP contribution in [0.25, 0.3) is 0 Å². The van der Waals surface area contributed by atoms with E-state index in [2.05, 4.69) is 5.32 Å². The first-order chi connectivity index (χ1) is 10.3. The Hall–Kier alpha value is -1.84. The number of hydrogen-bond donors (Lipinski definition) is 1. The van der Waals surface area contributed by atoms with Crippen molar-refractivity contribution in [2.45, 2.75) is 59.2 Å². The maximum absolute atomic E-state index is 12.9. The van der Waals surface area contributed by atoms with Crippen LogP contribution in [0.15, 0.2) is 30.3 Å². The number of hydrogen-bond acceptors (Lipinski definition) is 2. The fourth-order valence-electron chi connectivity index (χ4n) is 2.88. The minimum atomic E-state index is -0.461. The van der Waals surface area contributed by atoms with Crippen LogP contribution in [0.4, 0.5) is 0 Å². The van der Waals surface area contributed by atoms with Gasteiger partial charge in [-0.25, -0.2) is 0 Å². The third-order valence-corrected chi connectivity index (χ3v) is 4.12. The van der Waals surface area contributed by atoms with E-state index in [0.29, 0.717) is 13.0 Å². The standard InChI is InChI=1S/C18H26N2O2/c1-5-9-14-16(21)19-15(18(2,3)4)17(22)20(14)12-13-10-7-6-8-11-13/h6-8,10-11,14-15H,5,9,12H2,1-4H3,(H,19,21). The Labute approximate surface area is 132 Å². The van der Waals surface area contributed by atoms with Gasteiger partial charge in [-0.2, -0.15) is 0 Å². The van der Waals surface area contributed by atoms with E-state index in [1.165, 1.54) is 0 Å². The lowest BCUT2D eigenvalue weighted by molar-refractivity contribution is -0.153. The molecule has 1 aliphatic rings. The number of amides is 2. The highest BCUT2D eigenvalue weighted by molar-refractivity contribution is 5.97. The smallest absolute Gasteiger partial charge is 0.246 e. The van der Waals surface area contributed by atoms with Crippen molar-refractivity contribution < 1.29 is 9.59 Å². The molecule has 0 spiro atoms. The SMILES string of the molecule is CCCC1C(=O)NC(C(C)(C)C)C(=O)N1Cc1ccccc1. The predicted octanol–water partition coefficient (Wildman–Crippen LogP) is 2.73. The molecule has 1 N–H and O–H groups in total. The van der Waals surface area contributed by atoms with Crippen molar-refractivity contribution in [3.05, 3.63) is 35.9 Å². The van der Waals surface area contributed by atoms with Gasteiger partial charge in [-0.3, -0.25) is 9.59 Å². The second-order valence-electron chi connectivity index (χ2n) is 7.06. The van der Waals surface area contributed by atoms with Crippen LogP contribution in [-0.2, 0) is 16.1 Å². The molecule has 2 unspecified atom stereocenters. The number of nitrogens with zero attached hydrogens (tertiary/aromatic N) is 1. The Morgan fingerprint density at radius 2 is 1.77 bits per heavy atom. The highest BCUT2D eigenvalue weighted by atomic mass is 16.2. The monoisotopic (exact) mass is 302 g/mol. The maximum Gasteiger partial charge on any atom is 0.246 e. The van der Waals surface area contributed by atoms with Crippen molar-refractivity contribution in [3.8, 4) is 0 Å². The van der Waals surface area contributed by atoms with E-state index in [0.717, 1.165) is 12.0 Å². The first-order valence-electron chi connectivity index (χ1n) is 7.99. The molecule has 0 bridgehead atoms. The second kappa shape index (κ2) is 6.51. The summed E-state index contributed by atoms with van der Waals surface area (Å²) >= 11 is 0. The Bertz CT molecular complexity index is 534. The van der Waals surface area contributed by atoms with Gasteiger partial charge in [0.05, 0.1) is 0 Å². The molecule has 0 radical (unpaired) electrons. The zero-order valence-corrected chi connectivity index (χ0v) is 13.9. The van der Waals surface area contributed by atoms with Gasteiger partial charge in [0.25, 0.3) is 0 Å². The van der Waals surface area contributed by atoms with Crippen molar-refractivity contribution in [1.82, 2.24) is 10.2 Å². The summed E-state index contributed by atoms with van der Waals surface area (Å²) in [5.41, 5.74) is 0.762. The van der Waals surface area contributed by atoms with Crippen LogP contribution in [0.3, 0.4) is 0 Å². The summed E-state index contributed by atoms with van der Waals surface area (Å²) in [4.78, 5) is 27.2. The number of benzene rings is 1. The fourth-order valence-corrected chi connectivity index (χ4v) is 2.88. The van der Waals surface area contributed by atoms with Crippen LogP contribution in [0.2, 0.25) is 0 Å². The molecule has 0 aromatic heterocycles. The van der Waals surface area contributed by atoms with Crippen molar-refractivity contribution in [1.29, 1.82) is 0 Å². The van der Waals surface area contributed by atoms with E-state index in [9.17, 15) is 9.59 Å². The van der Waals surface area contributed by atoms with E-state index < -0.39 is 6.04 Å². The minimum absolute atomic E-state index is 0.0226. The van der Waals surface area contributed by atoms with E-state index >= 15 is 0 Å². The largest absolute Gasteiger partial charge is 0.342 e. The molecule has 0 saturated carbocycles. The topological polar surface area (TPSA) is 49.4 Å². The van der Waals surface area contributed by atoms with Gasteiger partial charge in [0.1, 0.15) is 12.1 Å². The summed E-state index contributed by atoms with van der Waals surface area (Å²) < 4.78 is 0. The van der Waals surface area contributed by atoms with Gasteiger partial charge >= 0.3 is 0 Å². The van der Waals surface area contributed by atoms with E-state index in [4.69, 9.17) is 0 Å². The summed E-state index contributed by atoms with van der Waals surface area (Å²) in [6, 6.07) is 9.03. The van der Waals surface area contributed by atoms with Gasteiger partial charge in [0, 0.05) is 6.54 Å². The van der Waals surface area contributed by atoms with Gasteiger partial charge in [0.2, 0.25) is 11.8 Å². The van der Waals surface area contributed by atoms with Gasteiger partial charge in [-0.15, -0.1) is 0 Å². The lowest BCUT2D eigenvalue weighted by Crippen LogP contribution is -2.66. The van der Waals surface area contributed by atoms with Crippen LogP contribution in [0.5, 0.6) is 0 Å². The minimum Gasteiger partial charge on any atom is -0.342 e. The summed E-state index contributed by atoms with van der Waals surface area (Å²) in [6.45, 7) is 8.47. The van der Waals surface area contributed by atoms with Gasteiger partial charge in [0.15, 0.2) is 0 Å². The predicted molar refractivity (Wildman–Crippen MR) is 87.1 cm³/mol. The lowest BCUT2D eigenvalue weighted by Gasteiger charge is -2.43. The average molecular weight is 302 g/mol. The Morgan fingerprint density at radius 3 is 2.32 bits per heavy atom. The molecule has 0 aliphatic carbocycles. The molecule has 1 aromatic carbocycles. The van der Waals surface area contributed by atoms with Crippen LogP contribution in [-0.4, -0.2) is 28.8 Å². The fraction of sp³-hybridized carbons (Fsp3) is 0.556. The molecule has 1 saturated heterocycles. The highest BCUT2D eigenvalue weighted by Crippen LogP contribution is 2.27. The number of piperazine rings is 1. The third kappa shape index (κ3) is 3.49. The van der Waals surface area contributed by atoms with E-state index in [1.807, 2.05) is 58.0 Å². The van der Waals surface area contributed by atoms with Crippen molar-refractivity contribution in [2.24, 2.45) is 5.41 Å². The molecule has 4 nitrogen and oxygen atoms in total. The molecular formula is C18H26N2O2.